The molecule has 0 bridgehead atoms. The third kappa shape index (κ3) is 4.83. The van der Waals surface area contributed by atoms with E-state index in [1.165, 1.54) is 22.3 Å². The normalized spacial score (nSPS) is 13.2. The molecule has 0 spiro atoms. The van der Waals surface area contributed by atoms with Crippen molar-refractivity contribution >= 4 is 0 Å². The highest BCUT2D eigenvalue weighted by Crippen LogP contribution is 2.55. The molecule has 0 atom stereocenters. The summed E-state index contributed by atoms with van der Waals surface area (Å²) in [4.78, 5) is 14.8. The molecule has 0 fully saturated rings. The van der Waals surface area contributed by atoms with Crippen LogP contribution in [0.1, 0.15) is 30.5 Å². The lowest BCUT2D eigenvalue weighted by atomic mass is 9.82. The highest BCUT2D eigenvalue weighted by atomic mass is 16.6. The van der Waals surface area contributed by atoms with E-state index in [9.17, 15) is 5.26 Å². The Labute approximate surface area is 284 Å². The molecule has 0 radical (unpaired) electrons. The fourth-order valence-electron chi connectivity index (χ4n) is 6.87. The van der Waals surface area contributed by atoms with Crippen LogP contribution in [0.3, 0.4) is 0 Å². The molecule has 6 heteroatoms. The first-order valence-electron chi connectivity index (χ1n) is 16.2. The van der Waals surface area contributed by atoms with Gasteiger partial charge < -0.3 is 9.47 Å². The maximum atomic E-state index is 9.44. The molecule has 232 valence electrons. The topological polar surface area (TPSA) is 80.9 Å². The number of rotatable bonds is 4. The minimum atomic E-state index is -0.137. The summed E-state index contributed by atoms with van der Waals surface area (Å²) in [6, 6.07) is 46.3. The Morgan fingerprint density at radius 2 is 1.06 bits per heavy atom. The minimum absolute atomic E-state index is 0.137. The molecule has 6 nitrogen and oxygen atoms in total. The molecule has 9 rings (SSSR count). The Hall–Kier alpha value is -6.58. The lowest BCUT2D eigenvalue weighted by Gasteiger charge is -2.25. The van der Waals surface area contributed by atoms with Crippen LogP contribution in [0, 0.1) is 11.3 Å². The van der Waals surface area contributed by atoms with E-state index in [4.69, 9.17) is 24.4 Å². The van der Waals surface area contributed by atoms with Crippen LogP contribution in [-0.2, 0) is 5.41 Å². The Kier molecular flexibility index (Phi) is 6.43. The van der Waals surface area contributed by atoms with Crippen LogP contribution in [0.2, 0.25) is 0 Å². The fraction of sp³-hybridized carbons (Fsp3) is 0.0698. The minimum Gasteiger partial charge on any atom is -0.450 e. The quantitative estimate of drug-likeness (QED) is 0.192. The van der Waals surface area contributed by atoms with E-state index in [-0.39, 0.29) is 5.41 Å². The standard InChI is InChI=1S/C43H28N4O2/c1-43(2)34-17-7-6-16-32(34)33-23-38-39(24-35(33)43)48-36-19-18-31(22-37(36)49-38)42-46-40(27-11-4-3-5-12-27)45-41(47-42)30-15-9-14-29(21-30)28-13-8-10-26(20-28)25-44/h3-24H,1-2H3. The number of ether oxygens (including phenoxy) is 2. The van der Waals surface area contributed by atoms with Crippen molar-refractivity contribution in [3.8, 4) is 85.5 Å². The van der Waals surface area contributed by atoms with E-state index >= 15 is 0 Å². The maximum Gasteiger partial charge on any atom is 0.170 e. The van der Waals surface area contributed by atoms with E-state index in [1.807, 2.05) is 91.0 Å². The van der Waals surface area contributed by atoms with Crippen molar-refractivity contribution < 1.29 is 9.47 Å². The molecule has 7 aromatic rings. The van der Waals surface area contributed by atoms with Gasteiger partial charge in [0.15, 0.2) is 40.5 Å². The molecule has 49 heavy (non-hydrogen) atoms. The molecule has 0 amide bonds. The van der Waals surface area contributed by atoms with Gasteiger partial charge in [0.25, 0.3) is 0 Å². The Balaban J connectivity index is 1.12. The van der Waals surface area contributed by atoms with Gasteiger partial charge in [-0.15, -0.1) is 0 Å². The zero-order valence-corrected chi connectivity index (χ0v) is 26.8. The van der Waals surface area contributed by atoms with Crippen LogP contribution in [-0.4, -0.2) is 15.0 Å². The van der Waals surface area contributed by atoms with Gasteiger partial charge in [-0.2, -0.15) is 5.26 Å². The number of hydrogen-bond donors (Lipinski definition) is 0. The summed E-state index contributed by atoms with van der Waals surface area (Å²) in [5, 5.41) is 9.44. The molecule has 1 aliphatic carbocycles. The average Bonchev–Trinajstić information content (AvgIpc) is 3.38. The van der Waals surface area contributed by atoms with Gasteiger partial charge in [0.2, 0.25) is 0 Å². The van der Waals surface area contributed by atoms with Crippen molar-refractivity contribution in [3.63, 3.8) is 0 Å². The van der Waals surface area contributed by atoms with Crippen LogP contribution in [0.25, 0.3) is 56.4 Å². The van der Waals surface area contributed by atoms with Gasteiger partial charge in [0.1, 0.15) is 0 Å². The van der Waals surface area contributed by atoms with Crippen LogP contribution < -0.4 is 9.47 Å². The Morgan fingerprint density at radius 3 is 1.86 bits per heavy atom. The lowest BCUT2D eigenvalue weighted by molar-refractivity contribution is 0.359. The van der Waals surface area contributed by atoms with Crippen molar-refractivity contribution in [2.75, 3.05) is 0 Å². The molecule has 2 heterocycles. The SMILES string of the molecule is CC1(C)c2ccccc2-c2cc3c(cc21)Oc1ccc(-c2nc(-c4ccccc4)nc(-c4cccc(-c5cccc(C#N)c5)c4)n2)cc1O3. The maximum absolute atomic E-state index is 9.44. The van der Waals surface area contributed by atoms with Gasteiger partial charge in [0.05, 0.1) is 11.6 Å². The zero-order valence-electron chi connectivity index (χ0n) is 26.8. The zero-order chi connectivity index (χ0) is 33.1. The first kappa shape index (κ1) is 28.6. The number of nitrogens with zero attached hydrogens (tertiary/aromatic N) is 4. The Morgan fingerprint density at radius 1 is 0.469 bits per heavy atom. The summed E-state index contributed by atoms with van der Waals surface area (Å²) in [6.07, 6.45) is 0. The molecular weight excluding hydrogens is 604 g/mol. The molecule has 0 unspecified atom stereocenters. The van der Waals surface area contributed by atoms with Gasteiger partial charge in [0, 0.05) is 22.1 Å². The second-order valence-corrected chi connectivity index (χ2v) is 12.8. The van der Waals surface area contributed by atoms with Crippen molar-refractivity contribution in [2.45, 2.75) is 19.3 Å². The second-order valence-electron chi connectivity index (χ2n) is 12.8. The molecule has 1 aliphatic heterocycles. The molecule has 2 aliphatic rings. The summed E-state index contributed by atoms with van der Waals surface area (Å²) in [5.41, 5.74) is 9.79. The second kappa shape index (κ2) is 11.0. The Bertz CT molecular complexity index is 2500. The lowest BCUT2D eigenvalue weighted by Crippen LogP contribution is -2.15. The van der Waals surface area contributed by atoms with E-state index < -0.39 is 0 Å². The molecule has 6 aromatic carbocycles. The molecule has 1 aromatic heterocycles. The highest BCUT2D eigenvalue weighted by Gasteiger charge is 2.37. The van der Waals surface area contributed by atoms with Crippen LogP contribution in [0.15, 0.2) is 133 Å². The summed E-state index contributed by atoms with van der Waals surface area (Å²) in [7, 11) is 0. The third-order valence-corrected chi connectivity index (χ3v) is 9.40. The van der Waals surface area contributed by atoms with E-state index in [2.05, 4.69) is 56.3 Å². The largest absolute Gasteiger partial charge is 0.450 e. The van der Waals surface area contributed by atoms with Crippen molar-refractivity contribution in [1.82, 2.24) is 15.0 Å². The van der Waals surface area contributed by atoms with E-state index in [0.717, 1.165) is 27.8 Å². The smallest absolute Gasteiger partial charge is 0.170 e. The van der Waals surface area contributed by atoms with Crippen LogP contribution in [0.4, 0.5) is 0 Å². The third-order valence-electron chi connectivity index (χ3n) is 9.40. The monoisotopic (exact) mass is 632 g/mol. The van der Waals surface area contributed by atoms with Crippen molar-refractivity contribution in [3.05, 3.63) is 150 Å². The average molecular weight is 633 g/mol. The van der Waals surface area contributed by atoms with Crippen LogP contribution in [0.5, 0.6) is 23.0 Å². The number of nitriles is 1. The summed E-state index contributed by atoms with van der Waals surface area (Å²) < 4.78 is 13.0. The molecular formula is C43H28N4O2. The van der Waals surface area contributed by atoms with Gasteiger partial charge >= 0.3 is 0 Å². The molecule has 0 N–H and O–H groups in total. The summed E-state index contributed by atoms with van der Waals surface area (Å²) in [6.45, 7) is 4.51. The van der Waals surface area contributed by atoms with Gasteiger partial charge in [-0.05, 0) is 81.9 Å². The van der Waals surface area contributed by atoms with E-state index in [0.29, 0.717) is 46.0 Å². The number of aromatic nitrogens is 3. The summed E-state index contributed by atoms with van der Waals surface area (Å²) in [5.74, 6) is 4.23. The number of fused-ring (bicyclic) bond motifs is 5. The number of benzene rings is 6. The van der Waals surface area contributed by atoms with E-state index in [1.54, 1.807) is 6.07 Å². The summed E-state index contributed by atoms with van der Waals surface area (Å²) >= 11 is 0. The first-order chi connectivity index (χ1) is 23.9. The van der Waals surface area contributed by atoms with Crippen molar-refractivity contribution in [2.24, 2.45) is 0 Å². The fourth-order valence-corrected chi connectivity index (χ4v) is 6.87. The first-order valence-corrected chi connectivity index (χ1v) is 16.2. The number of hydrogen-bond acceptors (Lipinski definition) is 6. The predicted molar refractivity (Wildman–Crippen MR) is 190 cm³/mol. The van der Waals surface area contributed by atoms with Crippen molar-refractivity contribution in [1.29, 1.82) is 5.26 Å². The van der Waals surface area contributed by atoms with Crippen LogP contribution >= 0.6 is 0 Å². The predicted octanol–water partition coefficient (Wildman–Crippen LogP) is 10.6. The van der Waals surface area contributed by atoms with Gasteiger partial charge in [-0.3, -0.25) is 0 Å². The molecule has 0 saturated heterocycles. The van der Waals surface area contributed by atoms with Gasteiger partial charge in [-0.1, -0.05) is 98.8 Å². The molecule has 0 saturated carbocycles. The van der Waals surface area contributed by atoms with Gasteiger partial charge in [-0.25, -0.2) is 15.0 Å². The highest BCUT2D eigenvalue weighted by molar-refractivity contribution is 5.83.